The second kappa shape index (κ2) is 12.3. The van der Waals surface area contributed by atoms with Crippen LogP contribution in [0.2, 0.25) is 0 Å². The number of hydrogen-bond acceptors (Lipinski definition) is 4. The first kappa shape index (κ1) is 27.2. The van der Waals surface area contributed by atoms with Gasteiger partial charge < -0.3 is 16.0 Å². The van der Waals surface area contributed by atoms with Gasteiger partial charge in [0, 0.05) is 45.7 Å². The average Bonchev–Trinajstić information content (AvgIpc) is 2.62. The molecule has 0 aromatic carbocycles. The minimum Gasteiger partial charge on any atom is -0.356 e. The number of alkyl halides is 3. The molecule has 0 atom stereocenters. The predicted molar refractivity (Wildman–Crippen MR) is 119 cm³/mol. The first-order valence-electron chi connectivity index (χ1n) is 9.93. The number of carbonyl (C=O) groups excluding carboxylic acids is 1. The van der Waals surface area contributed by atoms with Crippen LogP contribution >= 0.6 is 24.0 Å². The second-order valence-corrected chi connectivity index (χ2v) is 9.37. The van der Waals surface area contributed by atoms with Gasteiger partial charge in [-0.3, -0.25) is 9.79 Å². The number of nitrogens with one attached hydrogen (secondary N) is 3. The third-order valence-corrected chi connectivity index (χ3v) is 7.04. The number of sulfonamides is 1. The number of amides is 1. The van der Waals surface area contributed by atoms with Crippen molar-refractivity contribution in [1.29, 1.82) is 0 Å². The molecule has 1 amide bonds. The third-order valence-electron chi connectivity index (χ3n) is 5.41. The number of aliphatic imine (C=N–C) groups is 1. The molecule has 3 N–H and O–H groups in total. The number of hydrogen-bond donors (Lipinski definition) is 3. The summed E-state index contributed by atoms with van der Waals surface area (Å²) in [6.45, 7) is 1.43. The Kier molecular flexibility index (Phi) is 11.1. The highest BCUT2D eigenvalue weighted by molar-refractivity contribution is 14.0. The number of halogens is 4. The fraction of sp³-hybridized carbons (Fsp3) is 0.882. The SMILES string of the molecule is CN=C(NCCCNC(=O)C1CCC1)NCC1CCN(S(=O)(=O)C(F)(F)F)CC1.I. The predicted octanol–water partition coefficient (Wildman–Crippen LogP) is 1.64. The Morgan fingerprint density at radius 1 is 1.07 bits per heavy atom. The number of rotatable bonds is 8. The fourth-order valence-electron chi connectivity index (χ4n) is 3.28. The highest BCUT2D eigenvalue weighted by Gasteiger charge is 2.50. The molecular formula is C17H31F3IN5O3S. The van der Waals surface area contributed by atoms with Crippen LogP contribution in [0.4, 0.5) is 13.2 Å². The summed E-state index contributed by atoms with van der Waals surface area (Å²) in [5.41, 5.74) is -5.25. The summed E-state index contributed by atoms with van der Waals surface area (Å²) in [6, 6.07) is 0. The molecule has 0 aromatic heterocycles. The maximum absolute atomic E-state index is 12.6. The van der Waals surface area contributed by atoms with Crippen LogP contribution in [0.5, 0.6) is 0 Å². The van der Waals surface area contributed by atoms with Crippen LogP contribution in [-0.2, 0) is 14.8 Å². The summed E-state index contributed by atoms with van der Waals surface area (Å²) >= 11 is 0. The van der Waals surface area contributed by atoms with Gasteiger partial charge in [-0.15, -0.1) is 24.0 Å². The van der Waals surface area contributed by atoms with Gasteiger partial charge in [-0.25, -0.2) is 8.42 Å². The molecule has 2 fully saturated rings. The van der Waals surface area contributed by atoms with Crippen molar-refractivity contribution in [3.63, 3.8) is 0 Å². The Morgan fingerprint density at radius 3 is 2.17 bits per heavy atom. The van der Waals surface area contributed by atoms with Crippen molar-refractivity contribution < 1.29 is 26.4 Å². The average molecular weight is 569 g/mol. The quantitative estimate of drug-likeness (QED) is 0.179. The maximum Gasteiger partial charge on any atom is 0.511 e. The fourth-order valence-corrected chi connectivity index (χ4v) is 4.27. The Labute approximate surface area is 192 Å². The van der Waals surface area contributed by atoms with Crippen molar-refractivity contribution >= 4 is 45.9 Å². The first-order chi connectivity index (χ1) is 13.6. The van der Waals surface area contributed by atoms with E-state index in [4.69, 9.17) is 0 Å². The van der Waals surface area contributed by atoms with Crippen LogP contribution < -0.4 is 16.0 Å². The lowest BCUT2D eigenvalue weighted by Crippen LogP contribution is -2.47. The van der Waals surface area contributed by atoms with Crippen LogP contribution in [-0.4, -0.2) is 69.9 Å². The van der Waals surface area contributed by atoms with E-state index in [2.05, 4.69) is 20.9 Å². The van der Waals surface area contributed by atoms with E-state index < -0.39 is 15.5 Å². The molecule has 2 aliphatic rings. The highest BCUT2D eigenvalue weighted by atomic mass is 127. The molecule has 13 heteroatoms. The van der Waals surface area contributed by atoms with Crippen molar-refractivity contribution in [3.8, 4) is 0 Å². The van der Waals surface area contributed by atoms with Gasteiger partial charge in [0.05, 0.1) is 0 Å². The van der Waals surface area contributed by atoms with Gasteiger partial charge in [-0.2, -0.15) is 17.5 Å². The van der Waals surface area contributed by atoms with Crippen LogP contribution in [0.25, 0.3) is 0 Å². The zero-order valence-corrected chi connectivity index (χ0v) is 20.1. The molecule has 0 bridgehead atoms. The molecule has 0 aromatic rings. The van der Waals surface area contributed by atoms with E-state index in [9.17, 15) is 26.4 Å². The normalized spacial score (nSPS) is 19.5. The van der Waals surface area contributed by atoms with E-state index in [1.165, 1.54) is 0 Å². The molecule has 0 unspecified atom stereocenters. The number of piperidine rings is 1. The lowest BCUT2D eigenvalue weighted by molar-refractivity contribution is -0.127. The van der Waals surface area contributed by atoms with Crippen LogP contribution in [0.1, 0.15) is 38.5 Å². The molecular weight excluding hydrogens is 538 g/mol. The Bertz CT molecular complexity index is 679. The molecule has 176 valence electrons. The molecule has 1 aliphatic carbocycles. The van der Waals surface area contributed by atoms with Crippen molar-refractivity contribution in [2.75, 3.05) is 39.8 Å². The summed E-state index contributed by atoms with van der Waals surface area (Å²) in [7, 11) is -3.62. The highest BCUT2D eigenvalue weighted by Crippen LogP contribution is 2.30. The lowest BCUT2D eigenvalue weighted by Gasteiger charge is -2.31. The van der Waals surface area contributed by atoms with E-state index in [1.54, 1.807) is 7.05 Å². The minimum atomic E-state index is -5.25. The van der Waals surface area contributed by atoms with Gasteiger partial charge in [0.1, 0.15) is 0 Å². The first-order valence-corrected chi connectivity index (χ1v) is 11.4. The van der Waals surface area contributed by atoms with Crippen LogP contribution in [0.3, 0.4) is 0 Å². The molecule has 2 rings (SSSR count). The van der Waals surface area contributed by atoms with Crippen LogP contribution in [0, 0.1) is 11.8 Å². The summed E-state index contributed by atoms with van der Waals surface area (Å²) in [5.74, 6) is 0.934. The standard InChI is InChI=1S/C17H30F3N5O3S.HI/c1-21-16(23-9-3-8-22-15(26)14-4-2-5-14)24-12-13-6-10-25(11-7-13)29(27,28)17(18,19)20;/h13-14H,2-12H2,1H3,(H,22,26)(H2,21,23,24);1H. The number of guanidine groups is 1. The van der Waals surface area contributed by atoms with E-state index in [0.29, 0.717) is 42.7 Å². The van der Waals surface area contributed by atoms with E-state index in [0.717, 1.165) is 25.7 Å². The third kappa shape index (κ3) is 7.70. The molecule has 0 spiro atoms. The monoisotopic (exact) mass is 569 g/mol. The summed E-state index contributed by atoms with van der Waals surface area (Å²) in [6.07, 6.45) is 4.52. The zero-order valence-electron chi connectivity index (χ0n) is 17.0. The zero-order chi connectivity index (χ0) is 21.5. The van der Waals surface area contributed by atoms with Crippen molar-refractivity contribution in [2.45, 2.75) is 44.0 Å². The Hall–Kier alpha value is -0.830. The van der Waals surface area contributed by atoms with E-state index >= 15 is 0 Å². The summed E-state index contributed by atoms with van der Waals surface area (Å²) < 4.78 is 61.2. The van der Waals surface area contributed by atoms with Gasteiger partial charge in [0.25, 0.3) is 0 Å². The second-order valence-electron chi connectivity index (χ2n) is 7.45. The molecule has 0 radical (unpaired) electrons. The van der Waals surface area contributed by atoms with E-state index in [-0.39, 0.29) is 54.8 Å². The molecule has 8 nitrogen and oxygen atoms in total. The topological polar surface area (TPSA) is 103 Å². The van der Waals surface area contributed by atoms with Gasteiger partial charge in [-0.1, -0.05) is 6.42 Å². The Morgan fingerprint density at radius 2 is 1.67 bits per heavy atom. The summed E-state index contributed by atoms with van der Waals surface area (Å²) in [5, 5.41) is 9.16. The molecule has 1 saturated heterocycles. The molecule has 1 aliphatic heterocycles. The molecule has 30 heavy (non-hydrogen) atoms. The van der Waals surface area contributed by atoms with E-state index in [1.807, 2.05) is 0 Å². The van der Waals surface area contributed by atoms with Gasteiger partial charge in [-0.05, 0) is 38.0 Å². The maximum atomic E-state index is 12.6. The Balaban J connectivity index is 0.00000450. The van der Waals surface area contributed by atoms with Crippen LogP contribution in [0.15, 0.2) is 4.99 Å². The van der Waals surface area contributed by atoms with Gasteiger partial charge >= 0.3 is 15.5 Å². The van der Waals surface area contributed by atoms with Crippen molar-refractivity contribution in [2.24, 2.45) is 16.8 Å². The minimum absolute atomic E-state index is 0. The van der Waals surface area contributed by atoms with Crippen molar-refractivity contribution in [1.82, 2.24) is 20.3 Å². The largest absolute Gasteiger partial charge is 0.511 e. The molecule has 1 heterocycles. The lowest BCUT2D eigenvalue weighted by atomic mass is 9.85. The smallest absolute Gasteiger partial charge is 0.356 e. The van der Waals surface area contributed by atoms with Gasteiger partial charge in [0.2, 0.25) is 5.91 Å². The molecule has 1 saturated carbocycles. The number of nitrogens with zero attached hydrogens (tertiary/aromatic N) is 2. The summed E-state index contributed by atoms with van der Waals surface area (Å²) in [4.78, 5) is 15.8. The van der Waals surface area contributed by atoms with Gasteiger partial charge in [0.15, 0.2) is 5.96 Å². The van der Waals surface area contributed by atoms with Crippen molar-refractivity contribution in [3.05, 3.63) is 0 Å². The number of carbonyl (C=O) groups is 1.